The van der Waals surface area contributed by atoms with E-state index in [2.05, 4.69) is 17.0 Å². The fourth-order valence-electron chi connectivity index (χ4n) is 7.05. The van der Waals surface area contributed by atoms with Crippen LogP contribution in [0.5, 0.6) is 0 Å². The molecule has 4 bridgehead atoms. The Hall–Kier alpha value is -2.08. The Morgan fingerprint density at radius 3 is 2.30 bits per heavy atom. The monoisotopic (exact) mass is 412 g/mol. The normalized spacial score (nSPS) is 34.8. The molecule has 162 valence electrons. The molecule has 1 amide bonds. The molecular weight excluding hydrogens is 380 g/mol. The highest BCUT2D eigenvalue weighted by molar-refractivity contribution is 5.81. The first-order valence-corrected chi connectivity index (χ1v) is 11.4. The summed E-state index contributed by atoms with van der Waals surface area (Å²) in [5.41, 5.74) is 0.493. The predicted molar refractivity (Wildman–Crippen MR) is 113 cm³/mol. The van der Waals surface area contributed by atoms with Crippen LogP contribution in [0, 0.1) is 17.3 Å². The highest BCUT2D eigenvalue weighted by Crippen LogP contribution is 2.62. The molecule has 1 aromatic rings. The number of anilines is 1. The van der Waals surface area contributed by atoms with Crippen molar-refractivity contribution in [3.8, 4) is 0 Å². The lowest BCUT2D eigenvalue weighted by Gasteiger charge is -2.60. The van der Waals surface area contributed by atoms with Gasteiger partial charge in [-0.25, -0.2) is 0 Å². The van der Waals surface area contributed by atoms with Crippen molar-refractivity contribution in [3.05, 3.63) is 30.3 Å². The molecule has 1 N–H and O–H groups in total. The standard InChI is InChI=1S/C24H32N2O4/c27-21(26-8-6-25(7-9-26)20-4-2-1-3-5-20)16-30-22(28)15-23-11-18-10-19(12-23)14-24(29,13-18)17-23/h1-5,18-19,29H,6-17H2/t18-,19+,23?,24?. The summed E-state index contributed by atoms with van der Waals surface area (Å²) in [4.78, 5) is 29.2. The zero-order valence-corrected chi connectivity index (χ0v) is 17.6. The van der Waals surface area contributed by atoms with Crippen molar-refractivity contribution >= 4 is 17.6 Å². The summed E-state index contributed by atoms with van der Waals surface area (Å²) in [6.45, 7) is 2.69. The molecule has 4 aliphatic carbocycles. The molecule has 5 aliphatic rings. The number of esters is 1. The number of aliphatic hydroxyl groups is 1. The second-order valence-corrected chi connectivity index (χ2v) is 10.2. The third-order valence-electron chi connectivity index (χ3n) is 7.78. The van der Waals surface area contributed by atoms with Gasteiger partial charge >= 0.3 is 5.97 Å². The Kier molecular flexibility index (Phi) is 5.00. The van der Waals surface area contributed by atoms with Crippen LogP contribution < -0.4 is 4.90 Å². The number of hydrogen-bond acceptors (Lipinski definition) is 5. The molecule has 0 aromatic heterocycles. The van der Waals surface area contributed by atoms with Gasteiger partial charge in [0.25, 0.3) is 5.91 Å². The molecule has 1 heterocycles. The molecule has 0 spiro atoms. The first kappa shape index (κ1) is 19.9. The van der Waals surface area contributed by atoms with E-state index >= 15 is 0 Å². The van der Waals surface area contributed by atoms with Gasteiger partial charge in [0, 0.05) is 31.9 Å². The third-order valence-corrected chi connectivity index (χ3v) is 7.78. The molecule has 30 heavy (non-hydrogen) atoms. The van der Waals surface area contributed by atoms with Gasteiger partial charge in [-0.05, 0) is 67.9 Å². The number of benzene rings is 1. The van der Waals surface area contributed by atoms with Crippen LogP contribution in [0.15, 0.2) is 30.3 Å². The molecule has 6 heteroatoms. The van der Waals surface area contributed by atoms with Crippen LogP contribution in [0.1, 0.15) is 44.9 Å². The molecule has 1 aliphatic heterocycles. The summed E-state index contributed by atoms with van der Waals surface area (Å²) in [6.07, 6.45) is 6.11. The van der Waals surface area contributed by atoms with Crippen molar-refractivity contribution in [3.63, 3.8) is 0 Å². The van der Waals surface area contributed by atoms with E-state index < -0.39 is 5.60 Å². The van der Waals surface area contributed by atoms with Gasteiger partial charge in [-0.3, -0.25) is 9.59 Å². The topological polar surface area (TPSA) is 70.1 Å². The van der Waals surface area contributed by atoms with Crippen molar-refractivity contribution in [2.45, 2.75) is 50.5 Å². The molecule has 0 radical (unpaired) electrons. The van der Waals surface area contributed by atoms with Crippen molar-refractivity contribution in [1.29, 1.82) is 0 Å². The quantitative estimate of drug-likeness (QED) is 0.753. The lowest BCUT2D eigenvalue weighted by Crippen LogP contribution is -2.56. The molecule has 1 aromatic carbocycles. The van der Waals surface area contributed by atoms with E-state index in [-0.39, 0.29) is 23.9 Å². The van der Waals surface area contributed by atoms with Gasteiger partial charge in [-0.1, -0.05) is 18.2 Å². The third kappa shape index (κ3) is 3.94. The summed E-state index contributed by atoms with van der Waals surface area (Å²) in [6, 6.07) is 10.2. The van der Waals surface area contributed by atoms with E-state index in [9.17, 15) is 14.7 Å². The van der Waals surface area contributed by atoms with Crippen molar-refractivity contribution in [2.75, 3.05) is 37.7 Å². The van der Waals surface area contributed by atoms with E-state index in [0.717, 1.165) is 45.2 Å². The van der Waals surface area contributed by atoms with Gasteiger partial charge in [0.15, 0.2) is 6.61 Å². The average molecular weight is 413 g/mol. The Labute approximate surface area is 178 Å². The van der Waals surface area contributed by atoms with E-state index in [1.807, 2.05) is 18.2 Å². The Morgan fingerprint density at radius 2 is 1.67 bits per heavy atom. The molecule has 5 fully saturated rings. The molecular formula is C24H32N2O4. The number of nitrogens with zero attached hydrogens (tertiary/aromatic N) is 2. The molecule has 4 saturated carbocycles. The maximum Gasteiger partial charge on any atom is 0.306 e. The molecule has 4 atom stereocenters. The lowest BCUT2D eigenvalue weighted by molar-refractivity contribution is -0.178. The number of carbonyl (C=O) groups is 2. The number of amides is 1. The Bertz CT molecular complexity index is 789. The van der Waals surface area contributed by atoms with Crippen LogP contribution in [-0.4, -0.2) is 60.3 Å². The van der Waals surface area contributed by atoms with Gasteiger partial charge in [0.05, 0.1) is 12.0 Å². The second-order valence-electron chi connectivity index (χ2n) is 10.2. The van der Waals surface area contributed by atoms with Crippen LogP contribution in [0.25, 0.3) is 0 Å². The van der Waals surface area contributed by atoms with Crippen molar-refractivity contribution in [1.82, 2.24) is 4.90 Å². The molecule has 6 rings (SSSR count). The Balaban J connectivity index is 1.09. The first-order chi connectivity index (χ1) is 14.4. The average Bonchev–Trinajstić information content (AvgIpc) is 2.70. The van der Waals surface area contributed by atoms with Crippen LogP contribution in [0.3, 0.4) is 0 Å². The van der Waals surface area contributed by atoms with E-state index in [1.165, 1.54) is 12.1 Å². The van der Waals surface area contributed by atoms with Crippen LogP contribution in [-0.2, 0) is 14.3 Å². The van der Waals surface area contributed by atoms with Gasteiger partial charge in [-0.15, -0.1) is 0 Å². The van der Waals surface area contributed by atoms with E-state index in [4.69, 9.17) is 4.74 Å². The maximum absolute atomic E-state index is 12.6. The van der Waals surface area contributed by atoms with Gasteiger partial charge < -0.3 is 19.6 Å². The Morgan fingerprint density at radius 1 is 1.00 bits per heavy atom. The minimum atomic E-state index is -0.571. The zero-order chi connectivity index (χ0) is 20.8. The van der Waals surface area contributed by atoms with E-state index in [1.54, 1.807) is 4.90 Å². The summed E-state index contributed by atoms with van der Waals surface area (Å²) in [7, 11) is 0. The van der Waals surface area contributed by atoms with Crippen molar-refractivity contribution < 1.29 is 19.4 Å². The van der Waals surface area contributed by atoms with Crippen LogP contribution in [0.4, 0.5) is 5.69 Å². The summed E-state index contributed by atoms with van der Waals surface area (Å²) >= 11 is 0. The summed E-state index contributed by atoms with van der Waals surface area (Å²) in [5.74, 6) is 0.704. The number of carbonyl (C=O) groups excluding carboxylic acids is 2. The van der Waals surface area contributed by atoms with Gasteiger partial charge in [0.2, 0.25) is 0 Å². The van der Waals surface area contributed by atoms with E-state index in [0.29, 0.717) is 31.3 Å². The fourth-order valence-corrected chi connectivity index (χ4v) is 7.05. The first-order valence-electron chi connectivity index (χ1n) is 11.4. The highest BCUT2D eigenvalue weighted by Gasteiger charge is 2.57. The number of para-hydroxylation sites is 1. The number of piperazine rings is 1. The highest BCUT2D eigenvalue weighted by atomic mass is 16.5. The second kappa shape index (κ2) is 7.56. The maximum atomic E-state index is 12.6. The molecule has 6 nitrogen and oxygen atoms in total. The molecule has 1 saturated heterocycles. The number of hydrogen-bond donors (Lipinski definition) is 1. The minimum absolute atomic E-state index is 0.111. The fraction of sp³-hybridized carbons (Fsp3) is 0.667. The van der Waals surface area contributed by atoms with Gasteiger partial charge in [-0.2, -0.15) is 0 Å². The number of ether oxygens (including phenoxy) is 1. The summed E-state index contributed by atoms with van der Waals surface area (Å²) in [5, 5.41) is 10.9. The SMILES string of the molecule is O=C(CC12C[C@@H]3C[C@@H](CC(O)(C3)C1)C2)OCC(=O)N1CCN(c2ccccc2)CC1. The van der Waals surface area contributed by atoms with Crippen molar-refractivity contribution in [2.24, 2.45) is 17.3 Å². The largest absolute Gasteiger partial charge is 0.456 e. The summed E-state index contributed by atoms with van der Waals surface area (Å²) < 4.78 is 5.42. The van der Waals surface area contributed by atoms with Crippen LogP contribution >= 0.6 is 0 Å². The molecule has 2 unspecified atom stereocenters. The predicted octanol–water partition coefficient (Wildman–Crippen LogP) is 2.60. The number of rotatable bonds is 5. The van der Waals surface area contributed by atoms with Gasteiger partial charge in [0.1, 0.15) is 0 Å². The zero-order valence-electron chi connectivity index (χ0n) is 17.6. The van der Waals surface area contributed by atoms with Crippen LogP contribution in [0.2, 0.25) is 0 Å². The minimum Gasteiger partial charge on any atom is -0.456 e. The lowest BCUT2D eigenvalue weighted by atomic mass is 9.47. The smallest absolute Gasteiger partial charge is 0.306 e.